The van der Waals surface area contributed by atoms with E-state index in [9.17, 15) is 65.4 Å². The van der Waals surface area contributed by atoms with Gasteiger partial charge in [-0.25, -0.2) is 9.59 Å². The smallest absolute Gasteiger partial charge is 0.337 e. The van der Waals surface area contributed by atoms with E-state index in [1.54, 1.807) is 6.92 Å². The molecule has 0 amide bonds. The van der Waals surface area contributed by atoms with Gasteiger partial charge >= 0.3 is 17.9 Å². The number of methoxy groups -OCH3 is 1. The molecule has 7 fully saturated rings. The van der Waals surface area contributed by atoms with Crippen LogP contribution in [-0.4, -0.2) is 187 Å². The van der Waals surface area contributed by atoms with Gasteiger partial charge in [-0.2, -0.15) is 0 Å². The van der Waals surface area contributed by atoms with Crippen LogP contribution < -0.4 is 0 Å². The fraction of sp³-hybridized carbons (Fsp3) is 0.878. The zero-order valence-electron chi connectivity index (χ0n) is 41.1. The molecule has 3 heterocycles. The number of fused-ring (bicyclic) bond motifs is 7. The quantitative estimate of drug-likeness (QED) is 0.104. The van der Waals surface area contributed by atoms with Gasteiger partial charge in [-0.05, 0) is 110 Å². The minimum absolute atomic E-state index is 0.00196. The summed E-state index contributed by atoms with van der Waals surface area (Å²) in [5, 5.41) is 105. The summed E-state index contributed by atoms with van der Waals surface area (Å²) in [7, 11) is 1.06. The summed E-state index contributed by atoms with van der Waals surface area (Å²) in [6.45, 7) is 14.0. The van der Waals surface area contributed by atoms with E-state index in [4.69, 9.17) is 33.2 Å². The van der Waals surface area contributed by atoms with Crippen LogP contribution in [0.1, 0.15) is 106 Å². The second-order valence-electron chi connectivity index (χ2n) is 23.6. The number of esters is 2. The Labute approximate surface area is 406 Å². The Morgan fingerprint density at radius 2 is 1.30 bits per heavy atom. The summed E-state index contributed by atoms with van der Waals surface area (Å²) in [5.74, 6) is -4.12. The van der Waals surface area contributed by atoms with E-state index in [1.165, 1.54) is 0 Å². The Morgan fingerprint density at radius 1 is 0.686 bits per heavy atom. The molecule has 0 unspecified atom stereocenters. The number of carboxylic acid groups (broad SMARTS) is 1. The van der Waals surface area contributed by atoms with Crippen LogP contribution in [0.4, 0.5) is 0 Å². The third kappa shape index (κ3) is 8.20. The fourth-order valence-corrected chi connectivity index (χ4v) is 14.9. The molecule has 0 radical (unpaired) electrons. The Bertz CT molecular complexity index is 2060. The first-order chi connectivity index (χ1) is 32.5. The van der Waals surface area contributed by atoms with Crippen molar-refractivity contribution in [1.82, 2.24) is 0 Å². The van der Waals surface area contributed by atoms with Crippen molar-refractivity contribution in [3.63, 3.8) is 0 Å². The molecule has 0 spiro atoms. The van der Waals surface area contributed by atoms with E-state index in [1.807, 2.05) is 19.9 Å². The summed E-state index contributed by atoms with van der Waals surface area (Å²) in [4.78, 5) is 54.1. The summed E-state index contributed by atoms with van der Waals surface area (Å²) in [5.41, 5.74) is -2.60. The highest BCUT2D eigenvalue weighted by Crippen LogP contribution is 2.75. The van der Waals surface area contributed by atoms with Gasteiger partial charge in [0.15, 0.2) is 30.6 Å². The molecule has 8 aliphatic rings. The lowest BCUT2D eigenvalue weighted by atomic mass is 9.33. The van der Waals surface area contributed by atoms with Gasteiger partial charge in [-0.3, -0.25) is 9.59 Å². The van der Waals surface area contributed by atoms with Crippen LogP contribution in [0.25, 0.3) is 0 Å². The zero-order chi connectivity index (χ0) is 51.6. The maximum Gasteiger partial charge on any atom is 0.337 e. The van der Waals surface area contributed by atoms with E-state index >= 15 is 4.79 Å². The Hall–Kier alpha value is -2.74. The standard InChI is InChI=1S/C49H74O21/c1-44(2)24-9-12-49(7)37(22(51)17-20-21-18-46(4,14-13-45(21,3)15-16-48(20,49)6)43(63)70-40-32(58)27(53)26(52)23(19-50)65-40)47(24,5)11-10-25(44)66-42-36(31(57)30(56)35(68-42)39(62)64-8)69-41-33(59)28(54)29(55)34(67-41)38(60)61/h17,21,23-37,40-42,50,52-59H,9-16,18-19H2,1-8H3,(H,60,61)/t21-,23+,24-,25-,26+,27-,28-,29-,30-,31-,32+,33+,34-,35-,36+,37+,40-,41-,42+,45+,46-,47-,48+,49+/m0/s1. The number of ketones is 1. The van der Waals surface area contributed by atoms with Crippen LogP contribution in [0.5, 0.6) is 0 Å². The number of hydrogen-bond acceptors (Lipinski definition) is 20. The van der Waals surface area contributed by atoms with E-state index in [-0.39, 0.29) is 23.0 Å². The summed E-state index contributed by atoms with van der Waals surface area (Å²) >= 11 is 0. The molecule has 21 nitrogen and oxygen atoms in total. The number of aliphatic carboxylic acids is 1. The Morgan fingerprint density at radius 3 is 1.94 bits per heavy atom. The van der Waals surface area contributed by atoms with Crippen molar-refractivity contribution in [2.24, 2.45) is 50.2 Å². The van der Waals surface area contributed by atoms with E-state index in [0.29, 0.717) is 44.9 Å². The lowest BCUT2D eigenvalue weighted by molar-refractivity contribution is -0.371. The van der Waals surface area contributed by atoms with Crippen molar-refractivity contribution in [3.05, 3.63) is 11.6 Å². The van der Waals surface area contributed by atoms with Crippen molar-refractivity contribution in [2.75, 3.05) is 13.7 Å². The molecule has 0 aromatic rings. The summed E-state index contributed by atoms with van der Waals surface area (Å²) in [6, 6.07) is 0. The molecule has 396 valence electrons. The topological polar surface area (TPSA) is 335 Å². The highest BCUT2D eigenvalue weighted by molar-refractivity contribution is 5.95. The number of ether oxygens (including phenoxy) is 7. The van der Waals surface area contributed by atoms with Gasteiger partial charge in [0, 0.05) is 5.92 Å². The number of carbonyl (C=O) groups is 4. The molecule has 0 aromatic heterocycles. The SMILES string of the molecule is COC(=O)[C@H]1O[C@@H](O[C@H]2CC[C@]3(C)[C@H]4C(=O)C=C5[C@@H]6C[C@@](C)(C(=O)O[C@@H]7O[C@H](CO)[C@@H](O)[C@H](O)[C@H]7O)CC[C@]6(C)CC[C@@]5(C)[C@]4(C)CC[C@H]3C2(C)C)[C@H](O[C@@H]2O[C@H](C(=O)O)[C@@H](O)[C@H](O)[C@H]2O)[C@@H](O)[C@@H]1O. The minimum atomic E-state index is -2.05. The van der Waals surface area contributed by atoms with Crippen molar-refractivity contribution < 1.29 is 103 Å². The number of allylic oxidation sites excluding steroid dienone is 2. The first kappa shape index (κ1) is 53.5. The van der Waals surface area contributed by atoms with Crippen molar-refractivity contribution in [3.8, 4) is 0 Å². The molecule has 10 N–H and O–H groups in total. The van der Waals surface area contributed by atoms with Crippen LogP contribution in [0, 0.1) is 50.2 Å². The van der Waals surface area contributed by atoms with Gasteiger partial charge in [0.2, 0.25) is 6.29 Å². The molecular formula is C49H74O21. The number of carboxylic acids is 1. The number of aliphatic hydroxyl groups excluding tert-OH is 9. The molecule has 3 aliphatic heterocycles. The normalized spacial score (nSPS) is 52.2. The molecule has 5 aliphatic carbocycles. The van der Waals surface area contributed by atoms with Crippen molar-refractivity contribution in [2.45, 2.75) is 204 Å². The van der Waals surface area contributed by atoms with Gasteiger partial charge < -0.3 is 84.2 Å². The van der Waals surface area contributed by atoms with Gasteiger partial charge in [0.05, 0.1) is 25.2 Å². The second kappa shape index (κ2) is 18.6. The monoisotopic (exact) mass is 998 g/mol. The van der Waals surface area contributed by atoms with E-state index in [0.717, 1.165) is 25.5 Å². The number of rotatable bonds is 9. The van der Waals surface area contributed by atoms with E-state index in [2.05, 4.69) is 27.7 Å². The Kier molecular flexibility index (Phi) is 14.2. The number of hydrogen-bond donors (Lipinski definition) is 10. The molecule has 4 saturated carbocycles. The first-order valence-corrected chi connectivity index (χ1v) is 24.7. The second-order valence-corrected chi connectivity index (χ2v) is 23.6. The zero-order valence-corrected chi connectivity index (χ0v) is 41.1. The van der Waals surface area contributed by atoms with Crippen molar-refractivity contribution in [1.29, 1.82) is 0 Å². The lowest BCUT2D eigenvalue weighted by Crippen LogP contribution is -2.68. The average molecular weight is 999 g/mol. The predicted molar refractivity (Wildman–Crippen MR) is 236 cm³/mol. The highest BCUT2D eigenvalue weighted by atomic mass is 16.8. The summed E-state index contributed by atoms with van der Waals surface area (Å²) < 4.78 is 40.0. The average Bonchev–Trinajstić information content (AvgIpc) is 3.30. The molecule has 8 rings (SSSR count). The first-order valence-electron chi connectivity index (χ1n) is 24.7. The van der Waals surface area contributed by atoms with Gasteiger partial charge in [0.25, 0.3) is 0 Å². The maximum atomic E-state index is 15.2. The Balaban J connectivity index is 1.05. The predicted octanol–water partition coefficient (Wildman–Crippen LogP) is -0.407. The third-order valence-corrected chi connectivity index (χ3v) is 19.5. The van der Waals surface area contributed by atoms with Gasteiger partial charge in [0.1, 0.15) is 61.0 Å². The molecular weight excluding hydrogens is 925 g/mol. The number of carbonyl (C=O) groups excluding carboxylic acids is 3. The van der Waals surface area contributed by atoms with Crippen LogP contribution >= 0.6 is 0 Å². The summed E-state index contributed by atoms with van der Waals surface area (Å²) in [6.07, 6.45) is -20.7. The maximum absolute atomic E-state index is 15.2. The molecule has 0 aromatic carbocycles. The van der Waals surface area contributed by atoms with Gasteiger partial charge in [-0.1, -0.05) is 47.1 Å². The highest BCUT2D eigenvalue weighted by Gasteiger charge is 2.71. The van der Waals surface area contributed by atoms with Crippen LogP contribution in [0.3, 0.4) is 0 Å². The number of aliphatic hydroxyl groups is 9. The molecule has 3 saturated heterocycles. The molecule has 70 heavy (non-hydrogen) atoms. The van der Waals surface area contributed by atoms with Crippen LogP contribution in [0.15, 0.2) is 11.6 Å². The minimum Gasteiger partial charge on any atom is -0.479 e. The molecule has 24 atom stereocenters. The van der Waals surface area contributed by atoms with Gasteiger partial charge in [-0.15, -0.1) is 0 Å². The van der Waals surface area contributed by atoms with Crippen molar-refractivity contribution >= 4 is 23.7 Å². The lowest BCUT2D eigenvalue weighted by Gasteiger charge is -2.70. The third-order valence-electron chi connectivity index (χ3n) is 19.5. The fourth-order valence-electron chi connectivity index (χ4n) is 14.9. The molecule has 0 bridgehead atoms. The van der Waals surface area contributed by atoms with Crippen LogP contribution in [0.2, 0.25) is 0 Å². The van der Waals surface area contributed by atoms with E-state index < -0.39 is 156 Å². The molecule has 21 heteroatoms. The van der Waals surface area contributed by atoms with Crippen LogP contribution in [-0.2, 0) is 52.3 Å². The largest absolute Gasteiger partial charge is 0.479 e.